The topological polar surface area (TPSA) is 66.2 Å². The first-order valence-corrected chi connectivity index (χ1v) is 3.89. The Labute approximate surface area is 78.4 Å². The van der Waals surface area contributed by atoms with Gasteiger partial charge >= 0.3 is 0 Å². The molecule has 4 nitrogen and oxygen atoms in total. The molecule has 0 aliphatic rings. The first-order valence-electron chi connectivity index (χ1n) is 3.51. The van der Waals surface area contributed by atoms with E-state index in [1.807, 2.05) is 0 Å². The molecular formula is C8H5ClN2O2. The van der Waals surface area contributed by atoms with Crippen molar-refractivity contribution in [3.05, 3.63) is 23.5 Å². The molecule has 0 unspecified atom stereocenters. The molecule has 0 aliphatic heterocycles. The van der Waals surface area contributed by atoms with Crippen molar-refractivity contribution in [2.75, 3.05) is 0 Å². The van der Waals surface area contributed by atoms with E-state index in [1.54, 1.807) is 0 Å². The lowest BCUT2D eigenvalue weighted by molar-refractivity contribution is 0.440. The molecule has 0 saturated carbocycles. The van der Waals surface area contributed by atoms with Crippen LogP contribution in [0, 0.1) is 0 Å². The number of hydrogen-bond donors (Lipinski definition) is 2. The molecule has 0 radical (unpaired) electrons. The zero-order valence-corrected chi connectivity index (χ0v) is 7.15. The Bertz CT molecular complexity index is 473. The third-order valence-electron chi connectivity index (χ3n) is 1.63. The summed E-state index contributed by atoms with van der Waals surface area (Å²) in [5.74, 6) is -0.305. The van der Waals surface area contributed by atoms with Crippen molar-refractivity contribution in [2.45, 2.75) is 0 Å². The van der Waals surface area contributed by atoms with Gasteiger partial charge in [-0.05, 0) is 6.07 Å². The summed E-state index contributed by atoms with van der Waals surface area (Å²) in [6, 6.07) is 2.64. The lowest BCUT2D eigenvalue weighted by Gasteiger charge is -2.00. The van der Waals surface area contributed by atoms with Gasteiger partial charge in [0.05, 0.1) is 11.7 Å². The van der Waals surface area contributed by atoms with Gasteiger partial charge in [0.15, 0.2) is 0 Å². The van der Waals surface area contributed by atoms with Crippen molar-refractivity contribution >= 4 is 22.5 Å². The lowest BCUT2D eigenvalue weighted by atomic mass is 10.2. The monoisotopic (exact) mass is 196 g/mol. The number of rotatable bonds is 0. The van der Waals surface area contributed by atoms with E-state index >= 15 is 0 Å². The van der Waals surface area contributed by atoms with Crippen LogP contribution >= 0.6 is 11.6 Å². The normalized spacial score (nSPS) is 10.5. The maximum atomic E-state index is 9.39. The summed E-state index contributed by atoms with van der Waals surface area (Å²) in [5.41, 5.74) is 0.405. The van der Waals surface area contributed by atoms with Crippen LogP contribution in [0.1, 0.15) is 0 Å². The highest BCUT2D eigenvalue weighted by atomic mass is 35.5. The molecule has 2 aromatic heterocycles. The summed E-state index contributed by atoms with van der Waals surface area (Å²) >= 11 is 5.62. The molecule has 13 heavy (non-hydrogen) atoms. The fourth-order valence-electron chi connectivity index (χ4n) is 1.07. The van der Waals surface area contributed by atoms with E-state index in [1.165, 1.54) is 12.3 Å². The van der Waals surface area contributed by atoms with E-state index in [4.69, 9.17) is 16.7 Å². The van der Waals surface area contributed by atoms with Crippen LogP contribution < -0.4 is 0 Å². The predicted octanol–water partition coefficient (Wildman–Crippen LogP) is 1.69. The first kappa shape index (κ1) is 8.07. The Morgan fingerprint density at radius 2 is 2.00 bits per heavy atom. The van der Waals surface area contributed by atoms with Crippen LogP contribution in [0.2, 0.25) is 5.15 Å². The Morgan fingerprint density at radius 1 is 1.23 bits per heavy atom. The van der Waals surface area contributed by atoms with E-state index in [-0.39, 0.29) is 16.8 Å². The molecule has 5 heteroatoms. The van der Waals surface area contributed by atoms with Crippen LogP contribution in [-0.4, -0.2) is 20.2 Å². The highest BCUT2D eigenvalue weighted by Gasteiger charge is 2.04. The molecule has 2 heterocycles. The first-order chi connectivity index (χ1) is 6.16. The summed E-state index contributed by atoms with van der Waals surface area (Å²) < 4.78 is 0. The van der Waals surface area contributed by atoms with Crippen molar-refractivity contribution in [1.82, 2.24) is 9.97 Å². The minimum Gasteiger partial charge on any atom is -0.507 e. The van der Waals surface area contributed by atoms with Gasteiger partial charge in [-0.3, -0.25) is 0 Å². The Hall–Kier alpha value is -1.55. The highest BCUT2D eigenvalue weighted by molar-refractivity contribution is 6.30. The molecule has 0 fully saturated rings. The molecule has 2 rings (SSSR count). The molecule has 0 saturated heterocycles. The van der Waals surface area contributed by atoms with Crippen molar-refractivity contribution in [1.29, 1.82) is 0 Å². The number of halogens is 1. The van der Waals surface area contributed by atoms with Gasteiger partial charge in [-0.25, -0.2) is 9.97 Å². The lowest BCUT2D eigenvalue weighted by Crippen LogP contribution is -1.82. The molecule has 2 aromatic rings. The molecule has 2 N–H and O–H groups in total. The molecule has 0 amide bonds. The minimum absolute atomic E-state index is 0.0631. The van der Waals surface area contributed by atoms with Gasteiger partial charge in [0.1, 0.15) is 10.9 Å². The number of aromatic nitrogens is 2. The standard InChI is InChI=1S/C8H5ClN2O2/c9-7-1-4-5(3-10-7)11-8(13)2-6(4)12/h1-3H,(H2,11,12,13). The predicted molar refractivity (Wildman–Crippen MR) is 47.9 cm³/mol. The summed E-state index contributed by atoms with van der Waals surface area (Å²) in [7, 11) is 0. The molecule has 0 spiro atoms. The quantitative estimate of drug-likeness (QED) is 0.630. The summed E-state index contributed by atoms with van der Waals surface area (Å²) in [5, 5.41) is 19.2. The Balaban J connectivity index is 2.87. The second kappa shape index (κ2) is 2.74. The van der Waals surface area contributed by atoms with Gasteiger partial charge in [-0.15, -0.1) is 0 Å². The van der Waals surface area contributed by atoms with Crippen molar-refractivity contribution in [3.63, 3.8) is 0 Å². The zero-order chi connectivity index (χ0) is 9.42. The van der Waals surface area contributed by atoms with Gasteiger partial charge in [-0.2, -0.15) is 0 Å². The Kier molecular flexibility index (Phi) is 1.70. The van der Waals surface area contributed by atoms with Gasteiger partial charge in [0.2, 0.25) is 5.88 Å². The van der Waals surface area contributed by atoms with Crippen LogP contribution in [0.3, 0.4) is 0 Å². The molecule has 0 bridgehead atoms. The number of fused-ring (bicyclic) bond motifs is 1. The van der Waals surface area contributed by atoms with Crippen LogP contribution in [0.5, 0.6) is 11.6 Å². The second-order valence-electron chi connectivity index (χ2n) is 2.52. The summed E-state index contributed by atoms with van der Waals surface area (Å²) in [4.78, 5) is 7.52. The van der Waals surface area contributed by atoms with Crippen LogP contribution in [0.15, 0.2) is 18.3 Å². The van der Waals surface area contributed by atoms with Gasteiger partial charge in [-0.1, -0.05) is 11.6 Å². The fraction of sp³-hybridized carbons (Fsp3) is 0. The summed E-state index contributed by atoms with van der Waals surface area (Å²) in [6.07, 6.45) is 1.39. The second-order valence-corrected chi connectivity index (χ2v) is 2.91. The molecule has 0 aliphatic carbocycles. The van der Waals surface area contributed by atoms with E-state index in [0.717, 1.165) is 6.07 Å². The largest absolute Gasteiger partial charge is 0.507 e. The van der Waals surface area contributed by atoms with Crippen molar-refractivity contribution in [3.8, 4) is 11.6 Å². The zero-order valence-electron chi connectivity index (χ0n) is 6.40. The van der Waals surface area contributed by atoms with Gasteiger partial charge in [0, 0.05) is 11.5 Å². The number of hydrogen-bond acceptors (Lipinski definition) is 4. The minimum atomic E-state index is -0.242. The maximum absolute atomic E-state index is 9.39. The molecule has 0 aromatic carbocycles. The van der Waals surface area contributed by atoms with Crippen molar-refractivity contribution < 1.29 is 10.2 Å². The number of nitrogens with zero attached hydrogens (tertiary/aromatic N) is 2. The number of pyridine rings is 2. The van der Waals surface area contributed by atoms with E-state index < -0.39 is 0 Å². The smallest absolute Gasteiger partial charge is 0.215 e. The van der Waals surface area contributed by atoms with Gasteiger partial charge < -0.3 is 10.2 Å². The van der Waals surface area contributed by atoms with E-state index in [0.29, 0.717) is 10.9 Å². The maximum Gasteiger partial charge on any atom is 0.215 e. The molecule has 0 atom stereocenters. The van der Waals surface area contributed by atoms with E-state index in [2.05, 4.69) is 9.97 Å². The summed E-state index contributed by atoms with van der Waals surface area (Å²) in [6.45, 7) is 0. The average molecular weight is 197 g/mol. The SMILES string of the molecule is Oc1cc(O)c2cc(Cl)ncc2n1. The average Bonchev–Trinajstić information content (AvgIpc) is 2.06. The Morgan fingerprint density at radius 3 is 2.77 bits per heavy atom. The third kappa shape index (κ3) is 1.36. The van der Waals surface area contributed by atoms with Gasteiger partial charge in [0.25, 0.3) is 0 Å². The fourth-order valence-corrected chi connectivity index (χ4v) is 1.23. The van der Waals surface area contributed by atoms with Crippen LogP contribution in [0.25, 0.3) is 10.9 Å². The third-order valence-corrected chi connectivity index (χ3v) is 1.83. The van der Waals surface area contributed by atoms with Crippen molar-refractivity contribution in [2.24, 2.45) is 0 Å². The number of aromatic hydroxyl groups is 2. The highest BCUT2D eigenvalue weighted by Crippen LogP contribution is 2.27. The van der Waals surface area contributed by atoms with Crippen LogP contribution in [-0.2, 0) is 0 Å². The molecular weight excluding hydrogens is 192 g/mol. The van der Waals surface area contributed by atoms with E-state index in [9.17, 15) is 5.11 Å². The van der Waals surface area contributed by atoms with Crippen LogP contribution in [0.4, 0.5) is 0 Å². The molecule has 66 valence electrons.